The van der Waals surface area contributed by atoms with Crippen LogP contribution in [0.2, 0.25) is 0 Å². The van der Waals surface area contributed by atoms with Crippen molar-refractivity contribution in [3.8, 4) is 0 Å². The van der Waals surface area contributed by atoms with Gasteiger partial charge in [0.05, 0.1) is 6.54 Å². The summed E-state index contributed by atoms with van der Waals surface area (Å²) < 4.78 is 7.59. The summed E-state index contributed by atoms with van der Waals surface area (Å²) in [6.07, 6.45) is 7.68. The molecule has 2 heterocycles. The minimum atomic E-state index is -0.212. The van der Waals surface area contributed by atoms with Crippen LogP contribution in [0.25, 0.3) is 10.9 Å². The Morgan fingerprint density at radius 2 is 2.09 bits per heavy atom. The smallest absolute Gasteiger partial charge is 0.414 e. The first-order valence-electron chi connectivity index (χ1n) is 8.22. The molecule has 2 aromatic rings. The van der Waals surface area contributed by atoms with E-state index in [0.717, 1.165) is 23.9 Å². The quantitative estimate of drug-likeness (QED) is 0.737. The zero-order chi connectivity index (χ0) is 15.5. The molecule has 1 amide bonds. The minimum absolute atomic E-state index is 0.0378. The number of carbonyl (C=O) groups is 1. The number of amides is 1. The van der Waals surface area contributed by atoms with Crippen molar-refractivity contribution in [1.29, 1.82) is 0 Å². The van der Waals surface area contributed by atoms with Crippen LogP contribution in [0.3, 0.4) is 0 Å². The van der Waals surface area contributed by atoms with Crippen molar-refractivity contribution < 1.29 is 9.53 Å². The van der Waals surface area contributed by atoms with Crippen LogP contribution in [0, 0.1) is 0 Å². The average Bonchev–Trinajstić information content (AvgIpc) is 3.07. The standard InChI is InChI=1S/C18H24N2O2/c1-3-4-5-6-7-16-13-20(18(21)22-16)15-8-9-17-14(12-15)10-11-19(17)2/h8-12,16H,3-7,13H2,1-2H3. The van der Waals surface area contributed by atoms with Crippen LogP contribution >= 0.6 is 0 Å². The van der Waals surface area contributed by atoms with E-state index in [1.165, 1.54) is 24.8 Å². The van der Waals surface area contributed by atoms with Gasteiger partial charge in [0.25, 0.3) is 0 Å². The number of hydrogen-bond acceptors (Lipinski definition) is 2. The molecule has 1 fully saturated rings. The van der Waals surface area contributed by atoms with E-state index in [2.05, 4.69) is 29.7 Å². The summed E-state index contributed by atoms with van der Waals surface area (Å²) in [5.41, 5.74) is 2.10. The van der Waals surface area contributed by atoms with Gasteiger partial charge in [0.1, 0.15) is 6.10 Å². The Labute approximate surface area is 131 Å². The van der Waals surface area contributed by atoms with Gasteiger partial charge in [0.2, 0.25) is 0 Å². The maximum Gasteiger partial charge on any atom is 0.414 e. The maximum atomic E-state index is 12.1. The fourth-order valence-corrected chi connectivity index (χ4v) is 3.12. The Balaban J connectivity index is 1.67. The van der Waals surface area contributed by atoms with Gasteiger partial charge in [-0.25, -0.2) is 4.79 Å². The van der Waals surface area contributed by atoms with E-state index in [-0.39, 0.29) is 12.2 Å². The van der Waals surface area contributed by atoms with Crippen LogP contribution in [0.15, 0.2) is 30.5 Å². The van der Waals surface area contributed by atoms with Crippen molar-refractivity contribution in [2.24, 2.45) is 7.05 Å². The second kappa shape index (κ2) is 6.42. The third-order valence-corrected chi connectivity index (χ3v) is 4.43. The number of carbonyl (C=O) groups excluding carboxylic acids is 1. The van der Waals surface area contributed by atoms with Crippen LogP contribution < -0.4 is 4.90 Å². The van der Waals surface area contributed by atoms with Crippen molar-refractivity contribution in [2.75, 3.05) is 11.4 Å². The largest absolute Gasteiger partial charge is 0.444 e. The highest BCUT2D eigenvalue weighted by Gasteiger charge is 2.31. The first kappa shape index (κ1) is 14.9. The van der Waals surface area contributed by atoms with E-state index in [4.69, 9.17) is 4.74 Å². The number of anilines is 1. The van der Waals surface area contributed by atoms with Crippen molar-refractivity contribution in [1.82, 2.24) is 4.57 Å². The predicted octanol–water partition coefficient (Wildman–Crippen LogP) is 4.47. The molecule has 0 saturated carbocycles. The van der Waals surface area contributed by atoms with Gasteiger partial charge in [0.15, 0.2) is 0 Å². The van der Waals surface area contributed by atoms with Crippen molar-refractivity contribution in [3.05, 3.63) is 30.5 Å². The molecule has 1 aromatic carbocycles. The van der Waals surface area contributed by atoms with Crippen LogP contribution in [0.4, 0.5) is 10.5 Å². The molecule has 0 N–H and O–H groups in total. The summed E-state index contributed by atoms with van der Waals surface area (Å²) >= 11 is 0. The first-order valence-corrected chi connectivity index (χ1v) is 8.22. The normalized spacial score (nSPS) is 18.2. The molecule has 0 spiro atoms. The van der Waals surface area contributed by atoms with Gasteiger partial charge in [-0.2, -0.15) is 0 Å². The molecule has 0 radical (unpaired) electrons. The number of unbranched alkanes of at least 4 members (excludes halogenated alkanes) is 3. The number of aromatic nitrogens is 1. The lowest BCUT2D eigenvalue weighted by Gasteiger charge is -2.13. The Morgan fingerprint density at radius 3 is 2.91 bits per heavy atom. The molecule has 4 heteroatoms. The SMILES string of the molecule is CCCCCCC1CN(c2ccc3c(ccn3C)c2)C(=O)O1. The molecule has 1 saturated heterocycles. The third kappa shape index (κ3) is 2.96. The summed E-state index contributed by atoms with van der Waals surface area (Å²) in [6, 6.07) is 8.20. The highest BCUT2D eigenvalue weighted by molar-refractivity contribution is 5.93. The Kier molecular flexibility index (Phi) is 4.36. The zero-order valence-electron chi connectivity index (χ0n) is 13.4. The highest BCUT2D eigenvalue weighted by Crippen LogP contribution is 2.27. The van der Waals surface area contributed by atoms with Gasteiger partial charge in [-0.1, -0.05) is 26.2 Å². The molecule has 4 nitrogen and oxygen atoms in total. The van der Waals surface area contributed by atoms with E-state index in [0.29, 0.717) is 6.54 Å². The second-order valence-electron chi connectivity index (χ2n) is 6.14. The van der Waals surface area contributed by atoms with E-state index in [9.17, 15) is 4.79 Å². The zero-order valence-corrected chi connectivity index (χ0v) is 13.4. The summed E-state index contributed by atoms with van der Waals surface area (Å²) in [4.78, 5) is 13.9. The molecular weight excluding hydrogens is 276 g/mol. The Hall–Kier alpha value is -1.97. The summed E-state index contributed by atoms with van der Waals surface area (Å²) in [5.74, 6) is 0. The lowest BCUT2D eigenvalue weighted by molar-refractivity contribution is 0.135. The van der Waals surface area contributed by atoms with Crippen LogP contribution in [0.1, 0.15) is 39.0 Å². The second-order valence-corrected chi connectivity index (χ2v) is 6.14. The molecule has 22 heavy (non-hydrogen) atoms. The third-order valence-electron chi connectivity index (χ3n) is 4.43. The van der Waals surface area contributed by atoms with E-state index >= 15 is 0 Å². The number of rotatable bonds is 6. The fraction of sp³-hybridized carbons (Fsp3) is 0.500. The number of nitrogens with zero attached hydrogens (tertiary/aromatic N) is 2. The van der Waals surface area contributed by atoms with Gasteiger partial charge in [-0.3, -0.25) is 4.90 Å². The summed E-state index contributed by atoms with van der Waals surface area (Å²) in [5, 5.41) is 1.15. The molecule has 3 rings (SSSR count). The highest BCUT2D eigenvalue weighted by atomic mass is 16.6. The maximum absolute atomic E-state index is 12.1. The van der Waals surface area contributed by atoms with Crippen LogP contribution in [0.5, 0.6) is 0 Å². The molecule has 1 aliphatic rings. The van der Waals surface area contributed by atoms with Gasteiger partial charge >= 0.3 is 6.09 Å². The lowest BCUT2D eigenvalue weighted by atomic mass is 10.1. The van der Waals surface area contributed by atoms with Crippen LogP contribution in [-0.4, -0.2) is 23.3 Å². The van der Waals surface area contributed by atoms with E-state index in [1.807, 2.05) is 19.3 Å². The van der Waals surface area contributed by atoms with Gasteiger partial charge in [-0.15, -0.1) is 0 Å². The first-order chi connectivity index (χ1) is 10.7. The molecule has 1 aliphatic heterocycles. The van der Waals surface area contributed by atoms with Gasteiger partial charge in [-0.05, 0) is 37.1 Å². The van der Waals surface area contributed by atoms with Crippen molar-refractivity contribution in [3.63, 3.8) is 0 Å². The molecular formula is C18H24N2O2. The summed E-state index contributed by atoms with van der Waals surface area (Å²) in [6.45, 7) is 2.88. The molecule has 0 bridgehead atoms. The minimum Gasteiger partial charge on any atom is -0.444 e. The number of fused-ring (bicyclic) bond motifs is 1. The molecule has 0 aliphatic carbocycles. The monoisotopic (exact) mass is 300 g/mol. The Bertz CT molecular complexity index is 662. The predicted molar refractivity (Wildman–Crippen MR) is 89.3 cm³/mol. The number of benzene rings is 1. The van der Waals surface area contributed by atoms with Crippen molar-refractivity contribution in [2.45, 2.75) is 45.1 Å². The average molecular weight is 300 g/mol. The molecule has 1 atom stereocenters. The van der Waals surface area contributed by atoms with E-state index in [1.54, 1.807) is 4.90 Å². The summed E-state index contributed by atoms with van der Waals surface area (Å²) in [7, 11) is 2.03. The number of aryl methyl sites for hydroxylation is 1. The number of hydrogen-bond donors (Lipinski definition) is 0. The molecule has 1 aromatic heterocycles. The number of cyclic esters (lactones) is 1. The molecule has 118 valence electrons. The van der Waals surface area contributed by atoms with E-state index < -0.39 is 0 Å². The van der Waals surface area contributed by atoms with Gasteiger partial charge < -0.3 is 9.30 Å². The lowest BCUT2D eigenvalue weighted by Crippen LogP contribution is -2.24. The number of ether oxygens (including phenoxy) is 1. The topological polar surface area (TPSA) is 34.5 Å². The fourth-order valence-electron chi connectivity index (χ4n) is 3.12. The van der Waals surface area contributed by atoms with Crippen molar-refractivity contribution >= 4 is 22.7 Å². The van der Waals surface area contributed by atoms with Crippen LogP contribution in [-0.2, 0) is 11.8 Å². The van der Waals surface area contributed by atoms with Gasteiger partial charge in [0, 0.05) is 29.8 Å². The Morgan fingerprint density at radius 1 is 1.23 bits per heavy atom. The molecule has 1 unspecified atom stereocenters.